The maximum Gasteiger partial charge on any atom is 0.272 e. The molecule has 130 valence electrons. The van der Waals surface area contributed by atoms with Gasteiger partial charge in [0.25, 0.3) is 11.8 Å². The molecule has 25 heavy (non-hydrogen) atoms. The van der Waals surface area contributed by atoms with Gasteiger partial charge in [0, 0.05) is 30.5 Å². The molecule has 0 unspecified atom stereocenters. The fourth-order valence-electron chi connectivity index (χ4n) is 2.83. The second-order valence-corrected chi connectivity index (χ2v) is 5.97. The van der Waals surface area contributed by atoms with Crippen LogP contribution in [0.25, 0.3) is 0 Å². The van der Waals surface area contributed by atoms with Crippen molar-refractivity contribution in [3.8, 4) is 5.75 Å². The molecule has 2 aromatic rings. The van der Waals surface area contributed by atoms with Crippen LogP contribution in [0, 0.1) is 0 Å². The van der Waals surface area contributed by atoms with Crippen LogP contribution in [0.4, 0.5) is 5.69 Å². The van der Waals surface area contributed by atoms with Gasteiger partial charge < -0.3 is 15.0 Å². The van der Waals surface area contributed by atoms with Crippen LogP contribution in [-0.2, 0) is 0 Å². The Labute approximate surface area is 146 Å². The second kappa shape index (κ2) is 7.79. The van der Waals surface area contributed by atoms with E-state index < -0.39 is 0 Å². The summed E-state index contributed by atoms with van der Waals surface area (Å²) in [5, 5.41) is 2.81. The van der Waals surface area contributed by atoms with Crippen LogP contribution in [0.3, 0.4) is 0 Å². The van der Waals surface area contributed by atoms with Gasteiger partial charge in [0.2, 0.25) is 0 Å². The van der Waals surface area contributed by atoms with Crippen molar-refractivity contribution in [2.75, 3.05) is 25.5 Å². The van der Waals surface area contributed by atoms with Crippen LogP contribution in [0.15, 0.2) is 42.6 Å². The third-order valence-electron chi connectivity index (χ3n) is 4.23. The molecule has 3 rings (SSSR count). The summed E-state index contributed by atoms with van der Waals surface area (Å²) in [4.78, 5) is 30.9. The molecular formula is C19H21N3O3. The van der Waals surface area contributed by atoms with E-state index >= 15 is 0 Å². The van der Waals surface area contributed by atoms with Crippen LogP contribution < -0.4 is 10.1 Å². The van der Waals surface area contributed by atoms with E-state index in [2.05, 4.69) is 10.3 Å². The molecule has 6 nitrogen and oxygen atoms in total. The molecule has 0 aliphatic carbocycles. The summed E-state index contributed by atoms with van der Waals surface area (Å²) in [5.74, 6) is 0.329. The second-order valence-electron chi connectivity index (χ2n) is 5.97. The number of likely N-dealkylation sites (tertiary alicyclic amines) is 1. The molecule has 2 amide bonds. The zero-order valence-electron chi connectivity index (χ0n) is 14.2. The van der Waals surface area contributed by atoms with Crippen LogP contribution in [-0.4, -0.2) is 41.9 Å². The number of aromatic nitrogens is 1. The van der Waals surface area contributed by atoms with Crippen molar-refractivity contribution < 1.29 is 14.3 Å². The highest BCUT2D eigenvalue weighted by molar-refractivity contribution is 6.05. The first-order valence-electron chi connectivity index (χ1n) is 8.38. The van der Waals surface area contributed by atoms with E-state index in [4.69, 9.17) is 4.74 Å². The van der Waals surface area contributed by atoms with Crippen LogP contribution in [0.5, 0.6) is 5.75 Å². The molecule has 1 aliphatic heterocycles. The molecule has 1 saturated heterocycles. The smallest absolute Gasteiger partial charge is 0.272 e. The Hall–Kier alpha value is -2.89. The van der Waals surface area contributed by atoms with Crippen molar-refractivity contribution in [2.24, 2.45) is 0 Å². The van der Waals surface area contributed by atoms with Gasteiger partial charge in [-0.1, -0.05) is 0 Å². The summed E-state index contributed by atoms with van der Waals surface area (Å²) >= 11 is 0. The number of ether oxygens (including phenoxy) is 1. The lowest BCUT2D eigenvalue weighted by atomic mass is 10.1. The Balaban J connectivity index is 1.71. The average Bonchev–Trinajstić information content (AvgIpc) is 2.68. The van der Waals surface area contributed by atoms with E-state index in [-0.39, 0.29) is 11.8 Å². The van der Waals surface area contributed by atoms with Gasteiger partial charge in [0.05, 0.1) is 7.11 Å². The molecule has 0 saturated carbocycles. The van der Waals surface area contributed by atoms with Gasteiger partial charge in [-0.3, -0.25) is 14.6 Å². The van der Waals surface area contributed by atoms with Gasteiger partial charge in [0.15, 0.2) is 0 Å². The Kier molecular flexibility index (Phi) is 5.28. The van der Waals surface area contributed by atoms with Crippen molar-refractivity contribution in [2.45, 2.75) is 19.3 Å². The topological polar surface area (TPSA) is 71.5 Å². The number of nitrogens with zero attached hydrogens (tertiary/aromatic N) is 2. The van der Waals surface area contributed by atoms with Gasteiger partial charge in [-0.05, 0) is 55.7 Å². The average molecular weight is 339 g/mol. The van der Waals surface area contributed by atoms with Crippen LogP contribution in [0.1, 0.15) is 40.1 Å². The third kappa shape index (κ3) is 4.15. The number of amides is 2. The number of hydrogen-bond acceptors (Lipinski definition) is 4. The van der Waals surface area contributed by atoms with Crippen LogP contribution in [0.2, 0.25) is 0 Å². The lowest BCUT2D eigenvalue weighted by molar-refractivity contribution is 0.0718. The minimum absolute atomic E-state index is 0.112. The van der Waals surface area contributed by atoms with E-state index in [1.165, 1.54) is 6.20 Å². The molecule has 1 aromatic heterocycles. The molecule has 1 N–H and O–H groups in total. The first kappa shape index (κ1) is 17.0. The standard InChI is InChI=1S/C19H21N3O3/c1-25-16-7-5-15(6-8-16)21-18(23)14-9-10-20-17(13-14)19(24)22-11-3-2-4-12-22/h5-10,13H,2-4,11-12H2,1H3,(H,21,23). The number of hydrogen-bond donors (Lipinski definition) is 1. The third-order valence-corrected chi connectivity index (χ3v) is 4.23. The molecule has 0 radical (unpaired) electrons. The number of methoxy groups -OCH3 is 1. The van der Waals surface area contributed by atoms with Gasteiger partial charge in [-0.15, -0.1) is 0 Å². The number of rotatable bonds is 4. The number of carbonyl (C=O) groups is 2. The van der Waals surface area contributed by atoms with Crippen molar-refractivity contribution in [3.05, 3.63) is 53.9 Å². The molecular weight excluding hydrogens is 318 g/mol. The maximum absolute atomic E-state index is 12.5. The van der Waals surface area contributed by atoms with Gasteiger partial charge in [-0.2, -0.15) is 0 Å². The highest BCUT2D eigenvalue weighted by Gasteiger charge is 2.20. The number of carbonyl (C=O) groups excluding carboxylic acids is 2. The molecule has 0 bridgehead atoms. The largest absolute Gasteiger partial charge is 0.497 e. The summed E-state index contributed by atoms with van der Waals surface area (Å²) in [5.41, 5.74) is 1.38. The van der Waals surface area contributed by atoms with Crippen molar-refractivity contribution >= 4 is 17.5 Å². The summed E-state index contributed by atoms with van der Waals surface area (Å²) in [6.45, 7) is 1.51. The predicted molar refractivity (Wildman–Crippen MR) is 94.9 cm³/mol. The van der Waals surface area contributed by atoms with E-state index in [0.717, 1.165) is 38.1 Å². The number of nitrogens with one attached hydrogen (secondary N) is 1. The van der Waals surface area contributed by atoms with Crippen molar-refractivity contribution in [3.63, 3.8) is 0 Å². The Morgan fingerprint density at radius 1 is 1.08 bits per heavy atom. The van der Waals surface area contributed by atoms with E-state index in [1.54, 1.807) is 48.4 Å². The fourth-order valence-corrected chi connectivity index (χ4v) is 2.83. The molecule has 0 atom stereocenters. The fraction of sp³-hybridized carbons (Fsp3) is 0.316. The highest BCUT2D eigenvalue weighted by Crippen LogP contribution is 2.17. The molecule has 1 aromatic carbocycles. The minimum atomic E-state index is -0.278. The first-order valence-corrected chi connectivity index (χ1v) is 8.38. The normalized spacial score (nSPS) is 14.0. The van der Waals surface area contributed by atoms with E-state index in [0.29, 0.717) is 16.9 Å². The first-order chi connectivity index (χ1) is 12.2. The molecule has 6 heteroatoms. The lowest BCUT2D eigenvalue weighted by Crippen LogP contribution is -2.36. The Morgan fingerprint density at radius 2 is 1.80 bits per heavy atom. The molecule has 2 heterocycles. The highest BCUT2D eigenvalue weighted by atomic mass is 16.5. The maximum atomic E-state index is 12.5. The molecule has 1 fully saturated rings. The van der Waals surface area contributed by atoms with Gasteiger partial charge in [0.1, 0.15) is 11.4 Å². The summed E-state index contributed by atoms with van der Waals surface area (Å²) in [6.07, 6.45) is 4.69. The Morgan fingerprint density at radius 3 is 2.48 bits per heavy atom. The van der Waals surface area contributed by atoms with Gasteiger partial charge >= 0.3 is 0 Å². The minimum Gasteiger partial charge on any atom is -0.497 e. The van der Waals surface area contributed by atoms with Crippen molar-refractivity contribution in [1.29, 1.82) is 0 Å². The number of pyridine rings is 1. The summed E-state index contributed by atoms with van der Waals surface area (Å²) in [6, 6.07) is 10.2. The molecule has 1 aliphatic rings. The summed E-state index contributed by atoms with van der Waals surface area (Å²) in [7, 11) is 1.59. The van der Waals surface area contributed by atoms with E-state index in [1.807, 2.05) is 0 Å². The SMILES string of the molecule is COc1ccc(NC(=O)c2ccnc(C(=O)N3CCCCC3)c2)cc1. The lowest BCUT2D eigenvalue weighted by Gasteiger charge is -2.26. The zero-order valence-corrected chi connectivity index (χ0v) is 14.2. The zero-order chi connectivity index (χ0) is 17.6. The number of piperidine rings is 1. The monoisotopic (exact) mass is 339 g/mol. The number of anilines is 1. The summed E-state index contributed by atoms with van der Waals surface area (Å²) < 4.78 is 5.10. The molecule has 0 spiro atoms. The predicted octanol–water partition coefficient (Wildman–Crippen LogP) is 2.97. The number of benzene rings is 1. The van der Waals surface area contributed by atoms with Gasteiger partial charge in [-0.25, -0.2) is 0 Å². The quantitative estimate of drug-likeness (QED) is 0.929. The van der Waals surface area contributed by atoms with Crippen molar-refractivity contribution in [1.82, 2.24) is 9.88 Å². The van der Waals surface area contributed by atoms with E-state index in [9.17, 15) is 9.59 Å². The Bertz CT molecular complexity index is 753. The van der Waals surface area contributed by atoms with Crippen LogP contribution >= 0.6 is 0 Å².